The van der Waals surface area contributed by atoms with Crippen LogP contribution in [0.2, 0.25) is 0 Å². The van der Waals surface area contributed by atoms with E-state index in [2.05, 4.69) is 16.3 Å². The number of hydrogen-bond acceptors (Lipinski definition) is 4. The van der Waals surface area contributed by atoms with Gasteiger partial charge in [-0.25, -0.2) is 4.79 Å². The van der Waals surface area contributed by atoms with Crippen LogP contribution in [0.1, 0.15) is 24.2 Å². The number of benzene rings is 1. The number of amides is 2. The number of aliphatic hydroxyl groups is 1. The molecule has 0 radical (unpaired) electrons. The average molecular weight is 286 g/mol. The highest BCUT2D eigenvalue weighted by molar-refractivity contribution is 5.77. The van der Waals surface area contributed by atoms with E-state index in [1.165, 1.54) is 0 Å². The molecule has 1 unspecified atom stereocenters. The first kappa shape index (κ1) is 13.7. The van der Waals surface area contributed by atoms with E-state index in [-0.39, 0.29) is 12.1 Å². The van der Waals surface area contributed by atoms with Gasteiger partial charge in [-0.15, -0.1) is 0 Å². The minimum atomic E-state index is -0.589. The molecule has 2 heterocycles. The normalized spacial score (nSPS) is 22.5. The maximum Gasteiger partial charge on any atom is 0.317 e. The van der Waals surface area contributed by atoms with E-state index in [0.29, 0.717) is 31.7 Å². The van der Waals surface area contributed by atoms with Crippen LogP contribution in [0.5, 0.6) is 0 Å². The molecule has 2 aliphatic heterocycles. The van der Waals surface area contributed by atoms with Crippen LogP contribution in [-0.2, 0) is 0 Å². The molecule has 6 heteroatoms. The molecule has 0 saturated carbocycles. The fourth-order valence-corrected chi connectivity index (χ4v) is 3.06. The Bertz CT molecular complexity index is 608. The minimum absolute atomic E-state index is 0.00109. The summed E-state index contributed by atoms with van der Waals surface area (Å²) in [5, 5.41) is 21.9. The standard InChI is InChI=1S/C15H18N4O2/c1-10(20)13-3-2-11(7-16)6-14(13)18-4-5-19-12(9-18)8-17-15(19)21/h2-3,6,10,12,20H,4-5,8-9H2,1H3,(H,17,21)/t10-,12?/m0/s1. The molecule has 0 spiro atoms. The van der Waals surface area contributed by atoms with Crippen molar-refractivity contribution in [2.24, 2.45) is 0 Å². The summed E-state index contributed by atoms with van der Waals surface area (Å²) in [5.41, 5.74) is 2.29. The van der Waals surface area contributed by atoms with Crippen molar-refractivity contribution in [2.45, 2.75) is 19.1 Å². The maximum absolute atomic E-state index is 11.6. The number of aliphatic hydroxyl groups excluding tert-OH is 1. The van der Waals surface area contributed by atoms with Gasteiger partial charge in [0.2, 0.25) is 0 Å². The molecule has 2 atom stereocenters. The van der Waals surface area contributed by atoms with Gasteiger partial charge in [-0.2, -0.15) is 5.26 Å². The van der Waals surface area contributed by atoms with E-state index in [4.69, 9.17) is 5.26 Å². The van der Waals surface area contributed by atoms with Crippen molar-refractivity contribution in [2.75, 3.05) is 31.1 Å². The Hall–Kier alpha value is -2.26. The highest BCUT2D eigenvalue weighted by atomic mass is 16.3. The lowest BCUT2D eigenvalue weighted by Gasteiger charge is -2.39. The molecule has 21 heavy (non-hydrogen) atoms. The summed E-state index contributed by atoms with van der Waals surface area (Å²) in [4.78, 5) is 15.7. The number of nitrogens with one attached hydrogen (secondary N) is 1. The summed E-state index contributed by atoms with van der Waals surface area (Å²) >= 11 is 0. The van der Waals surface area contributed by atoms with E-state index >= 15 is 0 Å². The van der Waals surface area contributed by atoms with Gasteiger partial charge >= 0.3 is 6.03 Å². The van der Waals surface area contributed by atoms with Gasteiger partial charge in [-0.3, -0.25) is 0 Å². The average Bonchev–Trinajstić information content (AvgIpc) is 2.87. The number of hydrogen-bond donors (Lipinski definition) is 2. The number of carbonyl (C=O) groups is 1. The molecule has 0 aromatic heterocycles. The van der Waals surface area contributed by atoms with E-state index in [0.717, 1.165) is 11.3 Å². The van der Waals surface area contributed by atoms with Gasteiger partial charge in [0.15, 0.2) is 0 Å². The van der Waals surface area contributed by atoms with Crippen molar-refractivity contribution >= 4 is 11.7 Å². The van der Waals surface area contributed by atoms with Crippen molar-refractivity contribution in [3.8, 4) is 6.07 Å². The summed E-state index contributed by atoms with van der Waals surface area (Å²) in [6.45, 7) is 4.46. The number of nitrogens with zero attached hydrogens (tertiary/aromatic N) is 3. The highest BCUT2D eigenvalue weighted by Crippen LogP contribution is 2.30. The third kappa shape index (κ3) is 2.41. The largest absolute Gasteiger partial charge is 0.389 e. The second-order valence-corrected chi connectivity index (χ2v) is 5.54. The number of nitriles is 1. The molecule has 2 aliphatic rings. The first-order valence-corrected chi connectivity index (χ1v) is 7.11. The quantitative estimate of drug-likeness (QED) is 0.844. The first-order chi connectivity index (χ1) is 10.1. The SMILES string of the molecule is C[C@H](O)c1ccc(C#N)cc1N1CCN2C(=O)NCC2C1. The predicted molar refractivity (Wildman–Crippen MR) is 77.9 cm³/mol. The molecular formula is C15H18N4O2. The number of piperazine rings is 1. The zero-order valence-electron chi connectivity index (χ0n) is 11.9. The monoisotopic (exact) mass is 286 g/mol. The lowest BCUT2D eigenvalue weighted by atomic mass is 10.0. The fourth-order valence-electron chi connectivity index (χ4n) is 3.06. The second-order valence-electron chi connectivity index (χ2n) is 5.54. The molecule has 2 amide bonds. The summed E-state index contributed by atoms with van der Waals surface area (Å²) in [5.74, 6) is 0. The highest BCUT2D eigenvalue weighted by Gasteiger charge is 2.36. The van der Waals surface area contributed by atoms with Crippen LogP contribution in [0.3, 0.4) is 0 Å². The molecule has 110 valence electrons. The van der Waals surface area contributed by atoms with Crippen LogP contribution in [0.4, 0.5) is 10.5 Å². The molecule has 2 fully saturated rings. The molecule has 2 N–H and O–H groups in total. The Labute approximate surface area is 123 Å². The van der Waals surface area contributed by atoms with Crippen LogP contribution < -0.4 is 10.2 Å². The molecule has 1 aromatic rings. The Morgan fingerprint density at radius 3 is 3.00 bits per heavy atom. The fraction of sp³-hybridized carbons (Fsp3) is 0.467. The van der Waals surface area contributed by atoms with Crippen molar-refractivity contribution in [3.05, 3.63) is 29.3 Å². The number of anilines is 1. The number of urea groups is 1. The summed E-state index contributed by atoms with van der Waals surface area (Å²) in [7, 11) is 0. The van der Waals surface area contributed by atoms with Crippen LogP contribution in [0.15, 0.2) is 18.2 Å². The predicted octanol–water partition coefficient (Wildman–Crippen LogP) is 0.825. The first-order valence-electron chi connectivity index (χ1n) is 7.11. The zero-order valence-corrected chi connectivity index (χ0v) is 11.9. The number of carbonyl (C=O) groups excluding carboxylic acids is 1. The number of fused-ring (bicyclic) bond motifs is 1. The van der Waals surface area contributed by atoms with Gasteiger partial charge in [0, 0.05) is 37.4 Å². The molecule has 3 rings (SSSR count). The second kappa shape index (κ2) is 5.26. The van der Waals surface area contributed by atoms with Crippen LogP contribution in [0, 0.1) is 11.3 Å². The van der Waals surface area contributed by atoms with Crippen LogP contribution in [-0.4, -0.2) is 48.3 Å². The van der Waals surface area contributed by atoms with Gasteiger partial charge in [-0.1, -0.05) is 6.07 Å². The Morgan fingerprint density at radius 1 is 1.48 bits per heavy atom. The molecule has 0 aliphatic carbocycles. The molecular weight excluding hydrogens is 268 g/mol. The third-order valence-electron chi connectivity index (χ3n) is 4.18. The summed E-state index contributed by atoms with van der Waals surface area (Å²) in [6.07, 6.45) is -0.589. The van der Waals surface area contributed by atoms with E-state index in [9.17, 15) is 9.90 Å². The summed E-state index contributed by atoms with van der Waals surface area (Å²) in [6, 6.07) is 7.65. The number of rotatable bonds is 2. The van der Waals surface area contributed by atoms with Gasteiger partial charge < -0.3 is 20.2 Å². The topological polar surface area (TPSA) is 79.6 Å². The summed E-state index contributed by atoms with van der Waals surface area (Å²) < 4.78 is 0. The van der Waals surface area contributed by atoms with Crippen LogP contribution >= 0.6 is 0 Å². The lowest BCUT2D eigenvalue weighted by Crippen LogP contribution is -2.52. The molecule has 6 nitrogen and oxygen atoms in total. The van der Waals surface area contributed by atoms with E-state index in [1.54, 1.807) is 13.0 Å². The Balaban J connectivity index is 1.90. The van der Waals surface area contributed by atoms with Gasteiger partial charge in [0.05, 0.1) is 23.8 Å². The Morgan fingerprint density at radius 2 is 2.29 bits per heavy atom. The van der Waals surface area contributed by atoms with Crippen molar-refractivity contribution in [3.63, 3.8) is 0 Å². The van der Waals surface area contributed by atoms with Gasteiger partial charge in [0.25, 0.3) is 0 Å². The minimum Gasteiger partial charge on any atom is -0.389 e. The van der Waals surface area contributed by atoms with Crippen molar-refractivity contribution in [1.29, 1.82) is 5.26 Å². The molecule has 2 saturated heterocycles. The van der Waals surface area contributed by atoms with Gasteiger partial charge in [-0.05, 0) is 19.1 Å². The van der Waals surface area contributed by atoms with Crippen molar-refractivity contribution < 1.29 is 9.90 Å². The van der Waals surface area contributed by atoms with Gasteiger partial charge in [0.1, 0.15) is 0 Å². The Kier molecular flexibility index (Phi) is 3.43. The smallest absolute Gasteiger partial charge is 0.317 e. The molecule has 1 aromatic carbocycles. The maximum atomic E-state index is 11.6. The van der Waals surface area contributed by atoms with Crippen LogP contribution in [0.25, 0.3) is 0 Å². The lowest BCUT2D eigenvalue weighted by molar-refractivity contribution is 0.193. The van der Waals surface area contributed by atoms with Crippen molar-refractivity contribution in [1.82, 2.24) is 10.2 Å². The van der Waals surface area contributed by atoms with E-state index < -0.39 is 6.10 Å². The molecule has 0 bridgehead atoms. The zero-order chi connectivity index (χ0) is 15.0. The van der Waals surface area contributed by atoms with E-state index in [1.807, 2.05) is 17.0 Å². The third-order valence-corrected chi connectivity index (χ3v) is 4.18.